The molecular formula is C17H17F5N4O2S2. The van der Waals surface area contributed by atoms with E-state index in [1.807, 2.05) is 0 Å². The number of nitrogens with one attached hydrogen (secondary N) is 2. The SMILES string of the molecule is CC(C)(CC=O)CC(CC(N)=O)(Nc1n[nH]c(=S)s1)c1c(F)c(F)c(F)c(F)c1F. The number of nitrogens with zero attached hydrogens (tertiary/aromatic N) is 1. The molecule has 1 amide bonds. The van der Waals surface area contributed by atoms with Crippen LogP contribution in [0.5, 0.6) is 0 Å². The first kappa shape index (κ1) is 23.9. The highest BCUT2D eigenvalue weighted by Gasteiger charge is 2.46. The molecule has 2 aromatic rings. The molecule has 13 heteroatoms. The fourth-order valence-corrected chi connectivity index (χ4v) is 4.20. The van der Waals surface area contributed by atoms with E-state index < -0.39 is 64.4 Å². The summed E-state index contributed by atoms with van der Waals surface area (Å²) in [6.45, 7) is 3.05. The molecule has 1 heterocycles. The third-order valence-electron chi connectivity index (χ3n) is 4.36. The van der Waals surface area contributed by atoms with Crippen molar-refractivity contribution in [1.82, 2.24) is 10.2 Å². The molecule has 0 aliphatic heterocycles. The third kappa shape index (κ3) is 4.83. The number of carbonyl (C=O) groups excluding carboxylic acids is 2. The van der Waals surface area contributed by atoms with Gasteiger partial charge in [0.15, 0.2) is 27.2 Å². The van der Waals surface area contributed by atoms with Gasteiger partial charge in [0.25, 0.3) is 0 Å². The van der Waals surface area contributed by atoms with Crippen LogP contribution in [0.4, 0.5) is 27.1 Å². The van der Waals surface area contributed by atoms with Gasteiger partial charge in [0.1, 0.15) is 6.29 Å². The molecule has 2 rings (SSSR count). The van der Waals surface area contributed by atoms with Crippen molar-refractivity contribution in [2.45, 2.75) is 38.6 Å². The number of benzene rings is 1. The number of amides is 1. The molecule has 0 radical (unpaired) electrons. The molecular weight excluding hydrogens is 451 g/mol. The molecule has 0 fully saturated rings. The van der Waals surface area contributed by atoms with E-state index in [0.29, 0.717) is 6.29 Å². The molecule has 6 nitrogen and oxygen atoms in total. The number of anilines is 1. The number of primary amides is 1. The Hall–Kier alpha value is -2.41. The Morgan fingerprint density at radius 2 is 1.70 bits per heavy atom. The number of hydrogen-bond donors (Lipinski definition) is 3. The van der Waals surface area contributed by atoms with E-state index in [1.54, 1.807) is 0 Å². The van der Waals surface area contributed by atoms with Crippen LogP contribution in [0.15, 0.2) is 0 Å². The summed E-state index contributed by atoms with van der Waals surface area (Å²) in [5.74, 6) is -12.0. The fraction of sp³-hybridized carbons (Fsp3) is 0.412. The molecule has 0 aliphatic rings. The molecule has 164 valence electrons. The van der Waals surface area contributed by atoms with Crippen molar-refractivity contribution in [3.63, 3.8) is 0 Å². The van der Waals surface area contributed by atoms with Crippen molar-refractivity contribution in [2.75, 3.05) is 5.32 Å². The summed E-state index contributed by atoms with van der Waals surface area (Å²) in [6, 6.07) is 0. The standard InChI is InChI=1S/C17H17F5N4O2S2/c1-16(2,3-4-27)6-17(5-7(23)28,24-14-25-26-15(29)30-14)8-9(18)11(20)13(22)12(21)10(8)19/h4H,3,5-6H2,1-2H3,(H2,23,28)(H,24,25)(H,26,29). The van der Waals surface area contributed by atoms with E-state index in [1.165, 1.54) is 13.8 Å². The summed E-state index contributed by atoms with van der Waals surface area (Å²) in [5.41, 5.74) is 0.727. The van der Waals surface area contributed by atoms with Gasteiger partial charge >= 0.3 is 0 Å². The quantitative estimate of drug-likeness (QED) is 0.169. The average molecular weight is 468 g/mol. The zero-order valence-electron chi connectivity index (χ0n) is 15.7. The summed E-state index contributed by atoms with van der Waals surface area (Å²) < 4.78 is 71.3. The summed E-state index contributed by atoms with van der Waals surface area (Å²) in [5, 5.41) is 8.69. The number of halogens is 5. The zero-order valence-corrected chi connectivity index (χ0v) is 17.4. The van der Waals surface area contributed by atoms with Crippen molar-refractivity contribution in [2.24, 2.45) is 11.1 Å². The van der Waals surface area contributed by atoms with Gasteiger partial charge in [-0.15, -0.1) is 5.10 Å². The van der Waals surface area contributed by atoms with E-state index in [-0.39, 0.29) is 15.5 Å². The molecule has 30 heavy (non-hydrogen) atoms. The van der Waals surface area contributed by atoms with Crippen LogP contribution in [0.1, 0.15) is 38.7 Å². The van der Waals surface area contributed by atoms with E-state index in [4.69, 9.17) is 18.0 Å². The van der Waals surface area contributed by atoms with Gasteiger partial charge in [-0.3, -0.25) is 9.89 Å². The van der Waals surface area contributed by atoms with E-state index in [9.17, 15) is 31.5 Å². The lowest BCUT2D eigenvalue weighted by atomic mass is 9.71. The van der Waals surface area contributed by atoms with E-state index in [2.05, 4.69) is 15.5 Å². The number of rotatable bonds is 9. The van der Waals surface area contributed by atoms with Crippen LogP contribution >= 0.6 is 23.6 Å². The summed E-state index contributed by atoms with van der Waals surface area (Å²) >= 11 is 5.70. The van der Waals surface area contributed by atoms with E-state index >= 15 is 0 Å². The first-order chi connectivity index (χ1) is 13.8. The molecule has 1 atom stereocenters. The Bertz CT molecular complexity index is 1010. The number of hydrogen-bond acceptors (Lipinski definition) is 6. The summed E-state index contributed by atoms with van der Waals surface area (Å²) in [4.78, 5) is 22.9. The molecule has 0 bridgehead atoms. The van der Waals surface area contributed by atoms with Gasteiger partial charge in [-0.05, 0) is 24.1 Å². The Labute approximate surface area is 176 Å². The molecule has 0 aliphatic carbocycles. The molecule has 4 N–H and O–H groups in total. The lowest BCUT2D eigenvalue weighted by molar-refractivity contribution is -0.119. The Morgan fingerprint density at radius 1 is 1.17 bits per heavy atom. The largest absolute Gasteiger partial charge is 0.370 e. The maximum absolute atomic E-state index is 14.8. The minimum atomic E-state index is -2.34. The lowest BCUT2D eigenvalue weighted by Crippen LogP contribution is -2.45. The normalized spacial score (nSPS) is 13.7. The lowest BCUT2D eigenvalue weighted by Gasteiger charge is -2.40. The summed E-state index contributed by atoms with van der Waals surface area (Å²) in [6.07, 6.45) is -0.876. The first-order valence-electron chi connectivity index (χ1n) is 8.41. The third-order valence-corrected chi connectivity index (χ3v) is 5.37. The topological polar surface area (TPSA) is 101 Å². The molecule has 0 saturated heterocycles. The summed E-state index contributed by atoms with van der Waals surface area (Å²) in [7, 11) is 0. The number of nitrogens with two attached hydrogens (primary N) is 1. The molecule has 0 spiro atoms. The van der Waals surface area contributed by atoms with Crippen molar-refractivity contribution in [1.29, 1.82) is 0 Å². The second-order valence-electron chi connectivity index (χ2n) is 7.43. The van der Waals surface area contributed by atoms with Gasteiger partial charge in [-0.25, -0.2) is 22.0 Å². The van der Waals surface area contributed by atoms with Crippen molar-refractivity contribution >= 4 is 40.9 Å². The number of H-pyrrole nitrogens is 1. The van der Waals surface area contributed by atoms with Gasteiger partial charge in [0.2, 0.25) is 16.9 Å². The Balaban J connectivity index is 2.87. The van der Waals surface area contributed by atoms with Crippen LogP contribution in [-0.4, -0.2) is 22.4 Å². The smallest absolute Gasteiger partial charge is 0.220 e. The van der Waals surface area contributed by atoms with Gasteiger partial charge < -0.3 is 15.8 Å². The number of aromatic nitrogens is 2. The predicted octanol–water partition coefficient (Wildman–Crippen LogP) is 4.08. The Kier molecular flexibility index (Phi) is 6.97. The minimum Gasteiger partial charge on any atom is -0.370 e. The van der Waals surface area contributed by atoms with Crippen LogP contribution in [0.2, 0.25) is 0 Å². The van der Waals surface area contributed by atoms with Gasteiger partial charge in [-0.2, -0.15) is 0 Å². The maximum atomic E-state index is 14.8. The van der Waals surface area contributed by atoms with Gasteiger partial charge in [0.05, 0.1) is 17.5 Å². The fourth-order valence-electron chi connectivity index (χ4n) is 3.32. The first-order valence-corrected chi connectivity index (χ1v) is 9.63. The van der Waals surface area contributed by atoms with Crippen LogP contribution in [0.3, 0.4) is 0 Å². The second-order valence-corrected chi connectivity index (χ2v) is 9.09. The highest BCUT2D eigenvalue weighted by Crippen LogP contribution is 2.45. The van der Waals surface area contributed by atoms with Gasteiger partial charge in [0, 0.05) is 6.42 Å². The number of aldehydes is 1. The zero-order chi connectivity index (χ0) is 22.9. The Morgan fingerprint density at radius 3 is 2.13 bits per heavy atom. The van der Waals surface area contributed by atoms with Crippen molar-refractivity contribution in [3.8, 4) is 0 Å². The monoisotopic (exact) mass is 468 g/mol. The maximum Gasteiger partial charge on any atom is 0.220 e. The van der Waals surface area contributed by atoms with Crippen molar-refractivity contribution in [3.05, 3.63) is 38.6 Å². The highest BCUT2D eigenvalue weighted by molar-refractivity contribution is 7.73. The van der Waals surface area contributed by atoms with Crippen LogP contribution < -0.4 is 11.1 Å². The average Bonchev–Trinajstić information content (AvgIpc) is 3.01. The minimum absolute atomic E-state index is 0.0768. The molecule has 1 unspecified atom stereocenters. The van der Waals surface area contributed by atoms with Crippen LogP contribution in [0.25, 0.3) is 0 Å². The van der Waals surface area contributed by atoms with Crippen LogP contribution in [-0.2, 0) is 15.1 Å². The van der Waals surface area contributed by atoms with E-state index in [0.717, 1.165) is 11.3 Å². The number of carbonyl (C=O) groups is 2. The highest BCUT2D eigenvalue weighted by atomic mass is 32.1. The molecule has 1 aromatic carbocycles. The predicted molar refractivity (Wildman–Crippen MR) is 102 cm³/mol. The van der Waals surface area contributed by atoms with Crippen LogP contribution in [0, 0.1) is 38.5 Å². The van der Waals surface area contributed by atoms with Gasteiger partial charge in [-0.1, -0.05) is 25.2 Å². The second kappa shape index (κ2) is 8.76. The molecule has 0 saturated carbocycles. The number of aromatic amines is 1. The molecule has 1 aromatic heterocycles. The van der Waals surface area contributed by atoms with Crippen molar-refractivity contribution < 1.29 is 31.5 Å².